The zero-order valence-electron chi connectivity index (χ0n) is 15.9. The summed E-state index contributed by atoms with van der Waals surface area (Å²) in [5, 5.41) is 0. The van der Waals surface area contributed by atoms with Crippen molar-refractivity contribution in [2.45, 2.75) is 19.3 Å². The first-order valence-corrected chi connectivity index (χ1v) is 10.0. The first-order chi connectivity index (χ1) is 14.7. The predicted octanol–water partition coefficient (Wildman–Crippen LogP) is 5.59. The van der Waals surface area contributed by atoms with Crippen molar-refractivity contribution in [2.75, 3.05) is 6.61 Å². The molecule has 0 radical (unpaired) electrons. The van der Waals surface area contributed by atoms with Crippen molar-refractivity contribution in [3.8, 4) is 17.0 Å². The number of hydrogen-bond donors (Lipinski definition) is 0. The summed E-state index contributed by atoms with van der Waals surface area (Å²) in [4.78, 5) is 18.1. The van der Waals surface area contributed by atoms with E-state index in [2.05, 4.69) is 20.9 Å². The molecular weight excluding hydrogens is 480 g/mol. The van der Waals surface area contributed by atoms with E-state index in [9.17, 15) is 22.4 Å². The largest absolute Gasteiger partial charge is 0.467 e. The molecule has 0 aliphatic carbocycles. The molecular formula is C22H15BrF4N2O2. The molecule has 1 aromatic heterocycles. The fourth-order valence-corrected chi connectivity index (χ4v) is 3.91. The summed E-state index contributed by atoms with van der Waals surface area (Å²) in [6.07, 6.45) is -3.07. The molecule has 0 unspecified atom stereocenters. The Hall–Kier alpha value is -2.94. The lowest BCUT2D eigenvalue weighted by molar-refractivity contribution is -0.138. The van der Waals surface area contributed by atoms with Crippen molar-refractivity contribution in [3.63, 3.8) is 0 Å². The minimum absolute atomic E-state index is 0.0170. The Morgan fingerprint density at radius 2 is 1.87 bits per heavy atom. The van der Waals surface area contributed by atoms with Gasteiger partial charge in [0, 0.05) is 28.3 Å². The lowest BCUT2D eigenvalue weighted by atomic mass is 10.00. The molecule has 0 saturated carbocycles. The molecule has 31 heavy (non-hydrogen) atoms. The van der Waals surface area contributed by atoms with Gasteiger partial charge in [-0.15, -0.1) is 0 Å². The van der Waals surface area contributed by atoms with E-state index in [4.69, 9.17) is 4.74 Å². The smallest absolute Gasteiger partial charge is 0.417 e. The Morgan fingerprint density at radius 1 is 1.10 bits per heavy atom. The second-order valence-electron chi connectivity index (χ2n) is 6.97. The van der Waals surface area contributed by atoms with E-state index >= 15 is 0 Å². The van der Waals surface area contributed by atoms with Crippen LogP contribution in [0.3, 0.4) is 0 Å². The first-order valence-electron chi connectivity index (χ1n) is 9.23. The SMILES string of the molecule is O=C1COc2nccc(-c3ccccc3F)c2CN1Cc1ccc(Br)c(C(F)(F)F)c1. The summed E-state index contributed by atoms with van der Waals surface area (Å²) in [6.45, 7) is -0.365. The van der Waals surface area contributed by atoms with Crippen molar-refractivity contribution < 1.29 is 27.1 Å². The molecule has 1 aliphatic heterocycles. The standard InChI is InChI=1S/C22H15BrF4N2O2/c23-18-6-5-13(9-17(18)22(25,26)27)10-29-11-16-14(15-3-1-2-4-19(15)24)7-8-28-21(16)31-12-20(29)30/h1-9H,10-12H2. The molecule has 3 aromatic rings. The highest BCUT2D eigenvalue weighted by atomic mass is 79.9. The number of aromatic nitrogens is 1. The quantitative estimate of drug-likeness (QED) is 0.445. The second-order valence-corrected chi connectivity index (χ2v) is 7.83. The highest BCUT2D eigenvalue weighted by Gasteiger charge is 2.33. The van der Waals surface area contributed by atoms with Gasteiger partial charge >= 0.3 is 6.18 Å². The Kier molecular flexibility index (Phi) is 5.70. The average Bonchev–Trinajstić information content (AvgIpc) is 2.88. The molecule has 160 valence electrons. The van der Waals surface area contributed by atoms with E-state index in [1.165, 1.54) is 29.3 Å². The molecule has 0 N–H and O–H groups in total. The number of fused-ring (bicyclic) bond motifs is 1. The van der Waals surface area contributed by atoms with E-state index in [0.29, 0.717) is 22.3 Å². The topological polar surface area (TPSA) is 42.4 Å². The van der Waals surface area contributed by atoms with Crippen LogP contribution in [0.4, 0.5) is 17.6 Å². The molecule has 0 bridgehead atoms. The van der Waals surface area contributed by atoms with Crippen LogP contribution in [0.15, 0.2) is 59.2 Å². The summed E-state index contributed by atoms with van der Waals surface area (Å²) >= 11 is 2.92. The molecule has 0 atom stereocenters. The van der Waals surface area contributed by atoms with Crippen LogP contribution in [0.5, 0.6) is 5.88 Å². The third-order valence-electron chi connectivity index (χ3n) is 4.92. The van der Waals surface area contributed by atoms with Crippen molar-refractivity contribution in [1.82, 2.24) is 9.88 Å². The van der Waals surface area contributed by atoms with Gasteiger partial charge in [-0.2, -0.15) is 13.2 Å². The van der Waals surface area contributed by atoms with Crippen molar-refractivity contribution in [1.29, 1.82) is 0 Å². The van der Waals surface area contributed by atoms with Gasteiger partial charge in [0.05, 0.1) is 12.1 Å². The van der Waals surface area contributed by atoms with Gasteiger partial charge in [0.25, 0.3) is 5.91 Å². The van der Waals surface area contributed by atoms with E-state index in [1.54, 1.807) is 24.3 Å². The zero-order chi connectivity index (χ0) is 22.2. The van der Waals surface area contributed by atoms with E-state index in [1.807, 2.05) is 0 Å². The Labute approximate surface area is 183 Å². The number of hydrogen-bond acceptors (Lipinski definition) is 3. The monoisotopic (exact) mass is 494 g/mol. The summed E-state index contributed by atoms with van der Waals surface area (Å²) in [5.74, 6) is -0.655. The molecule has 0 fully saturated rings. The minimum atomic E-state index is -4.53. The molecule has 0 spiro atoms. The molecule has 2 aromatic carbocycles. The number of rotatable bonds is 3. The summed E-state index contributed by atoms with van der Waals surface area (Å²) in [7, 11) is 0. The molecule has 1 aliphatic rings. The van der Waals surface area contributed by atoms with Crippen molar-refractivity contribution in [2.24, 2.45) is 0 Å². The van der Waals surface area contributed by atoms with Gasteiger partial charge in [0.1, 0.15) is 5.82 Å². The maximum atomic E-state index is 14.4. The highest BCUT2D eigenvalue weighted by molar-refractivity contribution is 9.10. The van der Waals surface area contributed by atoms with Crippen LogP contribution in [-0.2, 0) is 24.1 Å². The lowest BCUT2D eigenvalue weighted by Crippen LogP contribution is -2.32. The molecule has 4 nitrogen and oxygen atoms in total. The Balaban J connectivity index is 1.70. The molecule has 2 heterocycles. The van der Waals surface area contributed by atoms with Crippen LogP contribution in [0.1, 0.15) is 16.7 Å². The van der Waals surface area contributed by atoms with Crippen LogP contribution in [0, 0.1) is 5.82 Å². The Bertz CT molecular complexity index is 1150. The molecule has 1 amide bonds. The van der Waals surface area contributed by atoms with Gasteiger partial charge in [0.15, 0.2) is 6.61 Å². The van der Waals surface area contributed by atoms with Gasteiger partial charge < -0.3 is 9.64 Å². The number of benzene rings is 2. The number of ether oxygens (including phenoxy) is 1. The van der Waals surface area contributed by atoms with Crippen LogP contribution < -0.4 is 4.74 Å². The van der Waals surface area contributed by atoms with Crippen LogP contribution >= 0.6 is 15.9 Å². The summed E-state index contributed by atoms with van der Waals surface area (Å²) in [5.41, 5.74) is 0.810. The average molecular weight is 495 g/mol. The number of alkyl halides is 3. The number of carbonyl (C=O) groups is 1. The van der Waals surface area contributed by atoms with Gasteiger partial charge in [0.2, 0.25) is 5.88 Å². The normalized spacial score (nSPS) is 14.1. The van der Waals surface area contributed by atoms with E-state index in [-0.39, 0.29) is 30.0 Å². The highest BCUT2D eigenvalue weighted by Crippen LogP contribution is 2.36. The van der Waals surface area contributed by atoms with Crippen LogP contribution in [0.2, 0.25) is 0 Å². The number of nitrogens with zero attached hydrogens (tertiary/aromatic N) is 2. The van der Waals surface area contributed by atoms with Crippen LogP contribution in [0.25, 0.3) is 11.1 Å². The minimum Gasteiger partial charge on any atom is -0.467 e. The third-order valence-corrected chi connectivity index (χ3v) is 5.62. The van der Waals surface area contributed by atoms with E-state index in [0.717, 1.165) is 6.07 Å². The summed E-state index contributed by atoms with van der Waals surface area (Å²) < 4.78 is 59.6. The van der Waals surface area contributed by atoms with Gasteiger partial charge in [-0.3, -0.25) is 4.79 Å². The van der Waals surface area contributed by atoms with Crippen LogP contribution in [-0.4, -0.2) is 22.4 Å². The number of amides is 1. The number of halogens is 5. The molecule has 4 rings (SSSR count). The van der Waals surface area contributed by atoms with Gasteiger partial charge in [-0.25, -0.2) is 9.37 Å². The third kappa shape index (κ3) is 4.41. The second kappa shape index (κ2) is 8.30. The van der Waals surface area contributed by atoms with E-state index < -0.39 is 23.5 Å². The number of pyridine rings is 1. The maximum Gasteiger partial charge on any atom is 0.417 e. The molecule has 9 heteroatoms. The van der Waals surface area contributed by atoms with Crippen molar-refractivity contribution >= 4 is 21.8 Å². The summed E-state index contributed by atoms with van der Waals surface area (Å²) in [6, 6.07) is 11.6. The fraction of sp³-hybridized carbons (Fsp3) is 0.182. The van der Waals surface area contributed by atoms with Gasteiger partial charge in [-0.05, 0) is 35.4 Å². The Morgan fingerprint density at radius 3 is 2.61 bits per heavy atom. The maximum absolute atomic E-state index is 14.4. The zero-order valence-corrected chi connectivity index (χ0v) is 17.5. The van der Waals surface area contributed by atoms with Gasteiger partial charge in [-0.1, -0.05) is 40.2 Å². The predicted molar refractivity (Wildman–Crippen MR) is 109 cm³/mol. The fourth-order valence-electron chi connectivity index (χ4n) is 3.44. The number of carbonyl (C=O) groups excluding carboxylic acids is 1. The first kappa shape index (κ1) is 21.3. The lowest BCUT2D eigenvalue weighted by Gasteiger charge is -2.22. The molecule has 0 saturated heterocycles. The van der Waals surface area contributed by atoms with Crippen molar-refractivity contribution in [3.05, 3.63) is 81.7 Å².